The first-order valence-electron chi connectivity index (χ1n) is 11.6. The Kier molecular flexibility index (Phi) is 8.57. The summed E-state index contributed by atoms with van der Waals surface area (Å²) < 4.78 is 14.9. The smallest absolute Gasteiger partial charge is 0.315 e. The number of halogens is 3. The maximum atomic E-state index is 13.4. The van der Waals surface area contributed by atoms with Crippen molar-refractivity contribution in [2.75, 3.05) is 7.11 Å². The van der Waals surface area contributed by atoms with Gasteiger partial charge in [0.25, 0.3) is 5.56 Å². The van der Waals surface area contributed by atoms with Gasteiger partial charge in [0.2, 0.25) is 5.75 Å². The minimum Gasteiger partial charge on any atom is -0.493 e. The summed E-state index contributed by atoms with van der Waals surface area (Å²) in [6.07, 6.45) is 1.37. The number of benzene rings is 3. The number of methoxy groups -OCH3 is 1. The van der Waals surface area contributed by atoms with E-state index in [9.17, 15) is 14.9 Å². The summed E-state index contributed by atoms with van der Waals surface area (Å²) in [4.78, 5) is 29.6. The van der Waals surface area contributed by atoms with Crippen LogP contribution in [-0.2, 0) is 12.0 Å². The van der Waals surface area contributed by atoms with Gasteiger partial charge in [0.05, 0.1) is 29.2 Å². The van der Waals surface area contributed by atoms with Gasteiger partial charge in [-0.2, -0.15) is 9.78 Å². The molecule has 39 heavy (non-hydrogen) atoms. The van der Waals surface area contributed by atoms with Gasteiger partial charge in [-0.25, -0.2) is 4.98 Å². The largest absolute Gasteiger partial charge is 0.493 e. The van der Waals surface area contributed by atoms with Gasteiger partial charge in [0.1, 0.15) is 12.4 Å². The van der Waals surface area contributed by atoms with Crippen molar-refractivity contribution in [2.45, 2.75) is 32.8 Å². The zero-order chi connectivity index (χ0) is 28.5. The number of nitrogens with zero attached hydrogens (tertiary/aromatic N) is 4. The Morgan fingerprint density at radius 2 is 1.77 bits per heavy atom. The molecule has 0 radical (unpaired) electrons. The molecule has 202 valence electrons. The summed E-state index contributed by atoms with van der Waals surface area (Å²) in [6.45, 7) is 5.85. The fraction of sp³-hybridized carbons (Fsp3) is 0.222. The summed E-state index contributed by atoms with van der Waals surface area (Å²) in [5.41, 5.74) is 0.523. The van der Waals surface area contributed by atoms with E-state index in [1.165, 1.54) is 24.1 Å². The van der Waals surface area contributed by atoms with Crippen LogP contribution in [0.3, 0.4) is 0 Å². The number of rotatable bonds is 7. The van der Waals surface area contributed by atoms with Gasteiger partial charge < -0.3 is 9.47 Å². The second kappa shape index (κ2) is 11.6. The third-order valence-electron chi connectivity index (χ3n) is 5.66. The minimum absolute atomic E-state index is 0.0146. The molecule has 3 aromatic carbocycles. The fourth-order valence-electron chi connectivity index (χ4n) is 3.77. The van der Waals surface area contributed by atoms with E-state index in [-0.39, 0.29) is 29.4 Å². The maximum Gasteiger partial charge on any atom is 0.315 e. The predicted octanol–water partition coefficient (Wildman–Crippen LogP) is 7.36. The lowest BCUT2D eigenvalue weighted by Gasteiger charge is -2.20. The molecule has 0 N–H and O–H groups in total. The highest BCUT2D eigenvalue weighted by Gasteiger charge is 2.24. The Bertz CT molecular complexity index is 1680. The van der Waals surface area contributed by atoms with Gasteiger partial charge >= 0.3 is 5.69 Å². The highest BCUT2D eigenvalue weighted by molar-refractivity contribution is 9.11. The molecule has 12 heteroatoms. The Morgan fingerprint density at radius 1 is 1.08 bits per heavy atom. The molecule has 0 bridgehead atoms. The van der Waals surface area contributed by atoms with Crippen LogP contribution in [0.1, 0.15) is 37.7 Å². The van der Waals surface area contributed by atoms with E-state index in [0.717, 1.165) is 19.0 Å². The van der Waals surface area contributed by atoms with Gasteiger partial charge in [-0.05, 0) is 36.4 Å². The first-order chi connectivity index (χ1) is 18.4. The van der Waals surface area contributed by atoms with Gasteiger partial charge in [0.15, 0.2) is 5.75 Å². The monoisotopic (exact) mass is 720 g/mol. The molecule has 9 nitrogen and oxygen atoms in total. The summed E-state index contributed by atoms with van der Waals surface area (Å²) in [5.74, 6) is 0.585. The fourth-order valence-corrected chi connectivity index (χ4v) is 5.29. The topological polar surface area (TPSA) is 109 Å². The SMILES string of the molecule is COc1cc(C=Nn2c(C(C)(C)C)nc3ccc(Br)cc3c2=O)cc([N+](=O)[O-])c1OCc1ccc(Br)cc1Br. The molecule has 4 aromatic rings. The second-order valence-electron chi connectivity index (χ2n) is 9.56. The predicted molar refractivity (Wildman–Crippen MR) is 161 cm³/mol. The number of nitro groups is 1. The Hall–Kier alpha value is -3.09. The van der Waals surface area contributed by atoms with Gasteiger partial charge in [-0.3, -0.25) is 14.9 Å². The van der Waals surface area contributed by atoms with Crippen LogP contribution in [0.2, 0.25) is 0 Å². The molecule has 0 aliphatic rings. The van der Waals surface area contributed by atoms with Crippen LogP contribution in [0, 0.1) is 10.1 Å². The highest BCUT2D eigenvalue weighted by atomic mass is 79.9. The van der Waals surface area contributed by atoms with E-state index < -0.39 is 10.3 Å². The molecule has 0 saturated heterocycles. The van der Waals surface area contributed by atoms with Crippen LogP contribution in [0.5, 0.6) is 11.5 Å². The van der Waals surface area contributed by atoms with E-state index in [1.807, 2.05) is 45.0 Å². The number of fused-ring (bicyclic) bond motifs is 1. The van der Waals surface area contributed by atoms with Gasteiger partial charge in [0, 0.05) is 36.0 Å². The molecule has 4 rings (SSSR count). The summed E-state index contributed by atoms with van der Waals surface area (Å²) in [6, 6.07) is 13.7. The van der Waals surface area contributed by atoms with Crippen molar-refractivity contribution >= 4 is 70.6 Å². The van der Waals surface area contributed by atoms with Crippen LogP contribution in [0.4, 0.5) is 5.69 Å². The van der Waals surface area contributed by atoms with E-state index in [2.05, 4.69) is 57.9 Å². The molecule has 0 amide bonds. The Labute approximate surface area is 249 Å². The number of hydrogen-bond acceptors (Lipinski definition) is 7. The van der Waals surface area contributed by atoms with Crippen LogP contribution in [0.25, 0.3) is 10.9 Å². The van der Waals surface area contributed by atoms with Crippen molar-refractivity contribution in [3.8, 4) is 11.5 Å². The lowest BCUT2D eigenvalue weighted by molar-refractivity contribution is -0.386. The van der Waals surface area contributed by atoms with Crippen molar-refractivity contribution in [1.82, 2.24) is 9.66 Å². The molecule has 0 aliphatic carbocycles. The average Bonchev–Trinajstić information content (AvgIpc) is 2.87. The third kappa shape index (κ3) is 6.39. The maximum absolute atomic E-state index is 13.4. The van der Waals surface area contributed by atoms with Gasteiger partial charge in [-0.15, -0.1) is 0 Å². The molecule has 0 spiro atoms. The van der Waals surface area contributed by atoms with Gasteiger partial charge in [-0.1, -0.05) is 74.6 Å². The quantitative estimate of drug-likeness (QED) is 0.112. The lowest BCUT2D eigenvalue weighted by Crippen LogP contribution is -2.29. The molecular weight excluding hydrogens is 700 g/mol. The first kappa shape index (κ1) is 28.9. The Balaban J connectivity index is 1.78. The molecule has 0 unspecified atom stereocenters. The standard InChI is InChI=1S/C27H23Br3N4O5/c1-27(2,3)26-32-21-8-7-17(28)11-19(21)25(35)33(26)31-13-15-9-22(34(36)37)24(23(10-15)38-4)39-14-16-5-6-18(29)12-20(16)30/h5-13H,14H2,1-4H3. The van der Waals surface area contributed by atoms with Crippen LogP contribution in [-0.4, -0.2) is 27.9 Å². The minimum atomic E-state index is -0.548. The van der Waals surface area contributed by atoms with Crippen molar-refractivity contribution in [1.29, 1.82) is 0 Å². The molecule has 0 saturated carbocycles. The molecule has 1 aromatic heterocycles. The summed E-state index contributed by atoms with van der Waals surface area (Å²) in [7, 11) is 1.40. The van der Waals surface area contributed by atoms with Crippen LogP contribution in [0.15, 0.2) is 71.8 Å². The zero-order valence-electron chi connectivity index (χ0n) is 21.4. The normalized spacial score (nSPS) is 11.8. The van der Waals surface area contributed by atoms with Crippen molar-refractivity contribution in [2.24, 2.45) is 5.10 Å². The highest BCUT2D eigenvalue weighted by Crippen LogP contribution is 2.39. The second-order valence-corrected chi connectivity index (χ2v) is 12.2. The number of nitro benzene ring substituents is 1. The molecule has 0 atom stereocenters. The summed E-state index contributed by atoms with van der Waals surface area (Å²) >= 11 is 10.3. The number of aromatic nitrogens is 2. The molecule has 1 heterocycles. The number of ether oxygens (including phenoxy) is 2. The van der Waals surface area contributed by atoms with E-state index >= 15 is 0 Å². The molecule has 0 fully saturated rings. The molecule has 0 aliphatic heterocycles. The third-order valence-corrected chi connectivity index (χ3v) is 7.39. The number of hydrogen-bond donors (Lipinski definition) is 0. The molecular formula is C27H23Br3N4O5. The van der Waals surface area contributed by atoms with E-state index in [1.54, 1.807) is 18.2 Å². The van der Waals surface area contributed by atoms with Crippen molar-refractivity contribution in [3.05, 3.63) is 99.4 Å². The van der Waals surface area contributed by atoms with Crippen molar-refractivity contribution < 1.29 is 14.4 Å². The summed E-state index contributed by atoms with van der Waals surface area (Å²) in [5, 5.41) is 16.8. The zero-order valence-corrected chi connectivity index (χ0v) is 26.1. The van der Waals surface area contributed by atoms with E-state index in [4.69, 9.17) is 9.47 Å². The van der Waals surface area contributed by atoms with E-state index in [0.29, 0.717) is 22.3 Å². The Morgan fingerprint density at radius 3 is 2.41 bits per heavy atom. The lowest BCUT2D eigenvalue weighted by atomic mass is 9.95. The van der Waals surface area contributed by atoms with Crippen LogP contribution < -0.4 is 15.0 Å². The van der Waals surface area contributed by atoms with Crippen LogP contribution >= 0.6 is 47.8 Å². The average molecular weight is 723 g/mol. The van der Waals surface area contributed by atoms with Crippen molar-refractivity contribution in [3.63, 3.8) is 0 Å². The first-order valence-corrected chi connectivity index (χ1v) is 14.0.